The summed E-state index contributed by atoms with van der Waals surface area (Å²) in [5.74, 6) is 0.512. The summed E-state index contributed by atoms with van der Waals surface area (Å²) in [4.78, 5) is 22.3. The van der Waals surface area contributed by atoms with Gasteiger partial charge in [0.2, 0.25) is 5.91 Å². The minimum absolute atomic E-state index is 0.150. The van der Waals surface area contributed by atoms with Crippen molar-refractivity contribution >= 4 is 5.91 Å². The van der Waals surface area contributed by atoms with Gasteiger partial charge in [-0.2, -0.15) is 18.3 Å². The van der Waals surface area contributed by atoms with E-state index in [4.69, 9.17) is 0 Å². The average Bonchev–Trinajstić information content (AvgIpc) is 3.51. The number of alkyl halides is 3. The Bertz CT molecular complexity index is 1080. The molecule has 6 rings (SSSR count). The second kappa shape index (κ2) is 7.55. The first-order chi connectivity index (χ1) is 15.8. The van der Waals surface area contributed by atoms with E-state index >= 15 is 0 Å². The number of amides is 1. The van der Waals surface area contributed by atoms with Crippen LogP contribution in [0.2, 0.25) is 0 Å². The van der Waals surface area contributed by atoms with Crippen LogP contribution in [0.3, 0.4) is 0 Å². The van der Waals surface area contributed by atoms with Crippen LogP contribution in [0.15, 0.2) is 18.5 Å². The minimum atomic E-state index is -4.43. The Morgan fingerprint density at radius 1 is 1.15 bits per heavy atom. The molecule has 0 bridgehead atoms. The Morgan fingerprint density at radius 3 is 2.85 bits per heavy atom. The summed E-state index contributed by atoms with van der Waals surface area (Å²) in [5, 5.41) is 7.30. The van der Waals surface area contributed by atoms with E-state index in [-0.39, 0.29) is 17.9 Å². The molecule has 2 aliphatic carbocycles. The van der Waals surface area contributed by atoms with Crippen LogP contribution in [0.4, 0.5) is 13.2 Å². The van der Waals surface area contributed by atoms with Crippen LogP contribution in [-0.2, 0) is 36.9 Å². The smallest absolute Gasteiger partial charge is 0.337 e. The molecule has 33 heavy (non-hydrogen) atoms. The van der Waals surface area contributed by atoms with Gasteiger partial charge in [0.15, 0.2) is 0 Å². The van der Waals surface area contributed by atoms with E-state index in [0.717, 1.165) is 63.5 Å². The zero-order chi connectivity index (χ0) is 22.8. The van der Waals surface area contributed by atoms with Gasteiger partial charge in [-0.05, 0) is 43.2 Å². The van der Waals surface area contributed by atoms with E-state index in [1.807, 2.05) is 11.1 Å². The van der Waals surface area contributed by atoms with Gasteiger partial charge >= 0.3 is 6.18 Å². The number of nitrogens with zero attached hydrogens (tertiary/aromatic N) is 4. The van der Waals surface area contributed by atoms with E-state index in [0.29, 0.717) is 36.2 Å². The van der Waals surface area contributed by atoms with Crippen LogP contribution in [-0.4, -0.2) is 50.0 Å². The number of aromatic amines is 1. The molecule has 1 N–H and O–H groups in total. The van der Waals surface area contributed by atoms with E-state index in [1.54, 1.807) is 0 Å². The van der Waals surface area contributed by atoms with Gasteiger partial charge < -0.3 is 4.90 Å². The van der Waals surface area contributed by atoms with Crippen molar-refractivity contribution in [2.24, 2.45) is 11.3 Å². The van der Waals surface area contributed by atoms with Crippen molar-refractivity contribution in [1.82, 2.24) is 25.0 Å². The molecule has 0 spiro atoms. The lowest BCUT2D eigenvalue weighted by atomic mass is 9.78. The normalized spacial score (nSPS) is 29.6. The van der Waals surface area contributed by atoms with Gasteiger partial charge in [0.05, 0.1) is 16.7 Å². The monoisotopic (exact) mass is 459 g/mol. The lowest BCUT2D eigenvalue weighted by molar-refractivity contribution is -0.144. The molecule has 2 fully saturated rings. The molecule has 9 heteroatoms. The van der Waals surface area contributed by atoms with E-state index in [9.17, 15) is 18.0 Å². The van der Waals surface area contributed by atoms with Crippen molar-refractivity contribution in [2.75, 3.05) is 13.1 Å². The molecule has 2 aromatic rings. The number of hydrogen-bond donors (Lipinski definition) is 1. The molecule has 4 heterocycles. The lowest BCUT2D eigenvalue weighted by Crippen LogP contribution is -2.47. The number of aromatic nitrogens is 3. The average molecular weight is 460 g/mol. The van der Waals surface area contributed by atoms with Crippen LogP contribution >= 0.6 is 0 Å². The largest absolute Gasteiger partial charge is 0.417 e. The summed E-state index contributed by atoms with van der Waals surface area (Å²) in [5.41, 5.74) is 2.51. The molecule has 0 aromatic carbocycles. The standard InChI is InChI=1S/C24H28F3N5O/c25-24(26,27)18-8-15-13-32(7-3-20(15)28-12-18)22(33)23-5-1-2-17(23)9-19(10-23)31-6-4-21-16(14-31)11-29-30-21/h8,11-12,17,19H,1-7,9-10,13-14H2,(H,29,30)/t17-,19-,23-/m1/s1. The molecule has 4 aliphatic rings. The van der Waals surface area contributed by atoms with Gasteiger partial charge in [-0.1, -0.05) is 6.42 Å². The Hall–Kier alpha value is -2.42. The Kier molecular flexibility index (Phi) is 4.83. The number of pyridine rings is 1. The summed E-state index contributed by atoms with van der Waals surface area (Å²) in [6.07, 6.45) is 4.80. The van der Waals surface area contributed by atoms with Gasteiger partial charge in [0.1, 0.15) is 0 Å². The first kappa shape index (κ1) is 21.1. The van der Waals surface area contributed by atoms with E-state index in [1.165, 1.54) is 11.6 Å². The molecule has 2 saturated carbocycles. The summed E-state index contributed by atoms with van der Waals surface area (Å²) in [6.45, 7) is 2.59. The van der Waals surface area contributed by atoms with Gasteiger partial charge in [-0.25, -0.2) is 0 Å². The van der Waals surface area contributed by atoms with Crippen LogP contribution < -0.4 is 0 Å². The fourth-order valence-electron chi connectivity index (χ4n) is 6.86. The Morgan fingerprint density at radius 2 is 2.00 bits per heavy atom. The van der Waals surface area contributed by atoms with Crippen LogP contribution in [0.5, 0.6) is 0 Å². The topological polar surface area (TPSA) is 65.1 Å². The molecular weight excluding hydrogens is 431 g/mol. The summed E-state index contributed by atoms with van der Waals surface area (Å²) < 4.78 is 39.6. The number of H-pyrrole nitrogens is 1. The zero-order valence-corrected chi connectivity index (χ0v) is 18.5. The molecule has 0 radical (unpaired) electrons. The van der Waals surface area contributed by atoms with Gasteiger partial charge in [-0.3, -0.25) is 19.8 Å². The third kappa shape index (κ3) is 3.47. The number of hydrogen-bond acceptors (Lipinski definition) is 4. The van der Waals surface area contributed by atoms with Crippen molar-refractivity contribution < 1.29 is 18.0 Å². The molecule has 3 atom stereocenters. The third-order valence-electron chi connectivity index (χ3n) is 8.53. The SMILES string of the molecule is O=C(N1CCc2ncc(C(F)(F)F)cc2C1)[C@@]12CCC[C@@H]1C[C@@H](N1CCc3n[nH]cc3C1)C2. The van der Waals surface area contributed by atoms with Crippen LogP contribution in [0.25, 0.3) is 0 Å². The fraction of sp³-hybridized carbons (Fsp3) is 0.625. The maximum atomic E-state index is 13.9. The number of halogens is 3. The van der Waals surface area contributed by atoms with Crippen LogP contribution in [0, 0.1) is 11.3 Å². The highest BCUT2D eigenvalue weighted by atomic mass is 19.4. The molecule has 0 unspecified atom stereocenters. The number of carbonyl (C=O) groups is 1. The summed E-state index contributed by atoms with van der Waals surface area (Å²) in [7, 11) is 0. The van der Waals surface area contributed by atoms with Crippen molar-refractivity contribution in [3.05, 3.63) is 46.5 Å². The highest BCUT2D eigenvalue weighted by Crippen LogP contribution is 2.56. The minimum Gasteiger partial charge on any atom is -0.337 e. The number of fused-ring (bicyclic) bond motifs is 3. The molecule has 176 valence electrons. The summed E-state index contributed by atoms with van der Waals surface area (Å²) >= 11 is 0. The Labute approximate surface area is 190 Å². The second-order valence-electron chi connectivity index (χ2n) is 10.2. The van der Waals surface area contributed by atoms with Gasteiger partial charge in [0.25, 0.3) is 0 Å². The third-order valence-corrected chi connectivity index (χ3v) is 8.53. The molecule has 1 amide bonds. The van der Waals surface area contributed by atoms with Crippen LogP contribution in [0.1, 0.15) is 60.2 Å². The molecular formula is C24H28F3N5O. The second-order valence-corrected chi connectivity index (χ2v) is 10.2. The first-order valence-electron chi connectivity index (χ1n) is 11.9. The van der Waals surface area contributed by atoms with Crippen molar-refractivity contribution in [2.45, 2.75) is 70.3 Å². The maximum Gasteiger partial charge on any atom is 0.417 e. The fourth-order valence-corrected chi connectivity index (χ4v) is 6.86. The van der Waals surface area contributed by atoms with Gasteiger partial charge in [-0.15, -0.1) is 0 Å². The van der Waals surface area contributed by atoms with E-state index in [2.05, 4.69) is 20.1 Å². The van der Waals surface area contributed by atoms with E-state index < -0.39 is 11.7 Å². The van der Waals surface area contributed by atoms with Crippen molar-refractivity contribution in [1.29, 1.82) is 0 Å². The highest BCUT2D eigenvalue weighted by Gasteiger charge is 2.57. The number of carbonyl (C=O) groups excluding carboxylic acids is 1. The Balaban J connectivity index is 1.21. The summed E-state index contributed by atoms with van der Waals surface area (Å²) in [6, 6.07) is 1.55. The molecule has 2 aliphatic heterocycles. The number of rotatable bonds is 2. The predicted molar refractivity (Wildman–Crippen MR) is 114 cm³/mol. The van der Waals surface area contributed by atoms with Gasteiger partial charge in [0, 0.05) is 68.7 Å². The number of nitrogens with one attached hydrogen (secondary N) is 1. The first-order valence-corrected chi connectivity index (χ1v) is 11.9. The maximum absolute atomic E-state index is 13.9. The lowest BCUT2D eigenvalue weighted by Gasteiger charge is -2.38. The highest BCUT2D eigenvalue weighted by molar-refractivity contribution is 5.84. The molecule has 6 nitrogen and oxygen atoms in total. The quantitative estimate of drug-likeness (QED) is 0.744. The molecule has 0 saturated heterocycles. The zero-order valence-electron chi connectivity index (χ0n) is 18.5. The van der Waals surface area contributed by atoms with Crippen molar-refractivity contribution in [3.63, 3.8) is 0 Å². The predicted octanol–water partition coefficient (Wildman–Crippen LogP) is 3.72. The van der Waals surface area contributed by atoms with Crippen molar-refractivity contribution in [3.8, 4) is 0 Å². The molecule has 2 aromatic heterocycles.